The summed E-state index contributed by atoms with van der Waals surface area (Å²) < 4.78 is 4.98. The summed E-state index contributed by atoms with van der Waals surface area (Å²) in [6.45, 7) is 8.69. The minimum absolute atomic E-state index is 0.0875. The first-order valence-electron chi connectivity index (χ1n) is 8.63. The van der Waals surface area contributed by atoms with E-state index in [2.05, 4.69) is 62.0 Å². The van der Waals surface area contributed by atoms with Gasteiger partial charge in [-0.25, -0.2) is 0 Å². The summed E-state index contributed by atoms with van der Waals surface area (Å²) in [5.74, 6) is -0.0875. The number of nitrogens with zero attached hydrogens (tertiary/aromatic N) is 2. The number of carbonyl (C=O) groups excluding carboxylic acids is 1. The predicted molar refractivity (Wildman–Crippen MR) is 97.0 cm³/mol. The van der Waals surface area contributed by atoms with E-state index >= 15 is 0 Å². The first-order chi connectivity index (χ1) is 11.0. The normalized spacial score (nSPS) is 12.3. The summed E-state index contributed by atoms with van der Waals surface area (Å²) in [6.07, 6.45) is 2.39. The molecule has 1 aromatic carbocycles. The van der Waals surface area contributed by atoms with E-state index in [-0.39, 0.29) is 5.97 Å². The van der Waals surface area contributed by atoms with Gasteiger partial charge >= 0.3 is 5.97 Å². The number of benzene rings is 1. The molecule has 0 amide bonds. The molecule has 0 saturated carbocycles. The molecular formula is C19H32N2O2. The van der Waals surface area contributed by atoms with Gasteiger partial charge in [-0.15, -0.1) is 0 Å². The Balaban J connectivity index is 2.46. The van der Waals surface area contributed by atoms with Crippen molar-refractivity contribution in [3.63, 3.8) is 0 Å². The molecule has 0 spiro atoms. The van der Waals surface area contributed by atoms with Crippen molar-refractivity contribution < 1.29 is 9.53 Å². The first kappa shape index (κ1) is 19.5. The minimum atomic E-state index is -0.0875. The third kappa shape index (κ3) is 7.04. The quantitative estimate of drug-likeness (QED) is 0.619. The fourth-order valence-electron chi connectivity index (χ4n) is 2.75. The van der Waals surface area contributed by atoms with Gasteiger partial charge in [0.15, 0.2) is 0 Å². The Labute approximate surface area is 141 Å². The smallest absolute Gasteiger partial charge is 0.305 e. The van der Waals surface area contributed by atoms with Crippen molar-refractivity contribution in [3.8, 4) is 0 Å². The highest BCUT2D eigenvalue weighted by molar-refractivity contribution is 5.69. The molecule has 4 nitrogen and oxygen atoms in total. The van der Waals surface area contributed by atoms with Crippen LogP contribution in [0, 0.1) is 0 Å². The fourth-order valence-corrected chi connectivity index (χ4v) is 2.75. The van der Waals surface area contributed by atoms with Crippen molar-refractivity contribution >= 4 is 11.7 Å². The van der Waals surface area contributed by atoms with Crippen LogP contribution in [0.1, 0.15) is 39.2 Å². The van der Waals surface area contributed by atoms with Crippen molar-refractivity contribution in [1.29, 1.82) is 0 Å². The molecule has 0 N–H and O–H groups in total. The summed E-state index contributed by atoms with van der Waals surface area (Å²) in [6, 6.07) is 9.21. The Morgan fingerprint density at radius 1 is 1.17 bits per heavy atom. The molecular weight excluding hydrogens is 288 g/mol. The summed E-state index contributed by atoms with van der Waals surface area (Å²) in [4.78, 5) is 16.0. The highest BCUT2D eigenvalue weighted by Gasteiger charge is 2.13. The predicted octanol–water partition coefficient (Wildman–Crippen LogP) is 3.35. The molecule has 1 aromatic rings. The van der Waals surface area contributed by atoms with Crippen molar-refractivity contribution in [2.75, 3.05) is 38.7 Å². The second-order valence-corrected chi connectivity index (χ2v) is 6.15. The standard InChI is InChI=1S/C19H32N2O2/c1-6-21(14-8-9-19(22)23-7-2)16(3)15-17-10-12-18(13-11-17)20(4)5/h10-13,16H,6-9,14-15H2,1-5H3. The van der Waals surface area contributed by atoms with E-state index in [1.807, 2.05) is 6.92 Å². The zero-order chi connectivity index (χ0) is 17.2. The average Bonchev–Trinajstić information content (AvgIpc) is 2.52. The molecule has 0 aliphatic heterocycles. The van der Waals surface area contributed by atoms with Crippen LogP contribution in [0.4, 0.5) is 5.69 Å². The van der Waals surface area contributed by atoms with Crippen molar-refractivity contribution in [3.05, 3.63) is 29.8 Å². The van der Waals surface area contributed by atoms with Gasteiger partial charge in [0.05, 0.1) is 6.61 Å². The molecule has 0 bridgehead atoms. The number of ether oxygens (including phenoxy) is 1. The Bertz CT molecular complexity index is 457. The molecule has 23 heavy (non-hydrogen) atoms. The van der Waals surface area contributed by atoms with Gasteiger partial charge in [-0.3, -0.25) is 4.79 Å². The van der Waals surface area contributed by atoms with Crippen molar-refractivity contribution in [2.45, 2.75) is 46.1 Å². The summed E-state index contributed by atoms with van der Waals surface area (Å²) in [7, 11) is 4.11. The molecule has 1 unspecified atom stereocenters. The number of likely N-dealkylation sites (N-methyl/N-ethyl adjacent to an activating group) is 1. The molecule has 130 valence electrons. The van der Waals surface area contributed by atoms with E-state index in [1.54, 1.807) is 0 Å². The second-order valence-electron chi connectivity index (χ2n) is 6.15. The lowest BCUT2D eigenvalue weighted by Gasteiger charge is -2.28. The lowest BCUT2D eigenvalue weighted by Crippen LogP contribution is -2.35. The third-order valence-corrected chi connectivity index (χ3v) is 4.14. The second kappa shape index (κ2) is 10.3. The maximum Gasteiger partial charge on any atom is 0.305 e. The van der Waals surface area contributed by atoms with Crippen molar-refractivity contribution in [1.82, 2.24) is 4.90 Å². The van der Waals surface area contributed by atoms with Crippen LogP contribution in [-0.4, -0.2) is 50.7 Å². The van der Waals surface area contributed by atoms with Gasteiger partial charge in [-0.05, 0) is 57.5 Å². The van der Waals surface area contributed by atoms with Gasteiger partial charge in [0.2, 0.25) is 0 Å². The fraction of sp³-hybridized carbons (Fsp3) is 0.632. The topological polar surface area (TPSA) is 32.8 Å². The molecule has 1 atom stereocenters. The zero-order valence-electron chi connectivity index (χ0n) is 15.3. The Morgan fingerprint density at radius 2 is 1.83 bits per heavy atom. The Morgan fingerprint density at radius 3 is 2.35 bits per heavy atom. The van der Waals surface area contributed by atoms with Crippen LogP contribution in [0.5, 0.6) is 0 Å². The minimum Gasteiger partial charge on any atom is -0.466 e. The van der Waals surface area contributed by atoms with Crippen LogP contribution in [0.3, 0.4) is 0 Å². The van der Waals surface area contributed by atoms with Crippen molar-refractivity contribution in [2.24, 2.45) is 0 Å². The molecule has 0 heterocycles. The lowest BCUT2D eigenvalue weighted by atomic mass is 10.0. The van der Waals surface area contributed by atoms with Crippen LogP contribution in [0.15, 0.2) is 24.3 Å². The lowest BCUT2D eigenvalue weighted by molar-refractivity contribution is -0.143. The number of hydrogen-bond donors (Lipinski definition) is 0. The maximum absolute atomic E-state index is 11.4. The summed E-state index contributed by atoms with van der Waals surface area (Å²) in [5.41, 5.74) is 2.58. The Kier molecular flexibility index (Phi) is 8.70. The SMILES string of the molecule is CCOC(=O)CCCN(CC)C(C)Cc1ccc(N(C)C)cc1. The van der Waals surface area contributed by atoms with Gasteiger partial charge in [0.1, 0.15) is 0 Å². The molecule has 0 aliphatic rings. The summed E-state index contributed by atoms with van der Waals surface area (Å²) >= 11 is 0. The number of rotatable bonds is 10. The third-order valence-electron chi connectivity index (χ3n) is 4.14. The maximum atomic E-state index is 11.4. The van der Waals surface area contributed by atoms with E-state index in [4.69, 9.17) is 4.74 Å². The van der Waals surface area contributed by atoms with Crippen LogP contribution < -0.4 is 4.90 Å². The number of carbonyl (C=O) groups is 1. The van der Waals surface area contributed by atoms with E-state index in [0.717, 1.165) is 25.9 Å². The molecule has 4 heteroatoms. The molecule has 0 aromatic heterocycles. The van der Waals surface area contributed by atoms with E-state index in [0.29, 0.717) is 19.1 Å². The van der Waals surface area contributed by atoms with Gasteiger partial charge < -0.3 is 14.5 Å². The first-order valence-corrected chi connectivity index (χ1v) is 8.63. The zero-order valence-corrected chi connectivity index (χ0v) is 15.3. The van der Waals surface area contributed by atoms with E-state index < -0.39 is 0 Å². The molecule has 0 saturated heterocycles. The van der Waals surface area contributed by atoms with Crippen LogP contribution in [0.25, 0.3) is 0 Å². The Hall–Kier alpha value is -1.55. The molecule has 0 radical (unpaired) electrons. The molecule has 0 fully saturated rings. The average molecular weight is 320 g/mol. The highest BCUT2D eigenvalue weighted by atomic mass is 16.5. The van der Waals surface area contributed by atoms with Gasteiger partial charge in [0.25, 0.3) is 0 Å². The molecule has 1 rings (SSSR count). The van der Waals surface area contributed by atoms with Crippen LogP contribution in [-0.2, 0) is 16.0 Å². The number of hydrogen-bond acceptors (Lipinski definition) is 4. The molecule has 0 aliphatic carbocycles. The number of anilines is 1. The van der Waals surface area contributed by atoms with E-state index in [1.165, 1.54) is 11.3 Å². The largest absolute Gasteiger partial charge is 0.466 e. The van der Waals surface area contributed by atoms with Gasteiger partial charge in [-0.1, -0.05) is 19.1 Å². The van der Waals surface area contributed by atoms with E-state index in [9.17, 15) is 4.79 Å². The summed E-state index contributed by atoms with van der Waals surface area (Å²) in [5, 5.41) is 0. The highest BCUT2D eigenvalue weighted by Crippen LogP contribution is 2.15. The van der Waals surface area contributed by atoms with Crippen LogP contribution in [0.2, 0.25) is 0 Å². The van der Waals surface area contributed by atoms with Gasteiger partial charge in [-0.2, -0.15) is 0 Å². The van der Waals surface area contributed by atoms with Gasteiger partial charge in [0, 0.05) is 32.2 Å². The van der Waals surface area contributed by atoms with Crippen LogP contribution >= 0.6 is 0 Å². The number of esters is 1. The monoisotopic (exact) mass is 320 g/mol.